The summed E-state index contributed by atoms with van der Waals surface area (Å²) in [6.07, 6.45) is 4.19. The molecule has 0 aromatic carbocycles. The van der Waals surface area contributed by atoms with E-state index in [1.165, 1.54) is 12.8 Å². The van der Waals surface area contributed by atoms with Crippen LogP contribution in [0.1, 0.15) is 25.5 Å². The van der Waals surface area contributed by atoms with Crippen molar-refractivity contribution in [2.24, 2.45) is 5.92 Å². The molecular formula is C11H17NOS. The Morgan fingerprint density at radius 1 is 1.64 bits per heavy atom. The summed E-state index contributed by atoms with van der Waals surface area (Å²) in [6, 6.07) is 3.95. The molecule has 0 spiro atoms. The molecule has 0 aliphatic carbocycles. The highest BCUT2D eigenvalue weighted by molar-refractivity contribution is 7.81. The molecule has 2 nitrogen and oxygen atoms in total. The van der Waals surface area contributed by atoms with Crippen LogP contribution >= 0.6 is 12.6 Å². The van der Waals surface area contributed by atoms with Crippen LogP contribution in [0.15, 0.2) is 22.8 Å². The molecule has 1 aromatic heterocycles. The van der Waals surface area contributed by atoms with E-state index in [1.807, 2.05) is 12.1 Å². The Bertz CT molecular complexity index is 275. The molecule has 2 rings (SSSR count). The largest absolute Gasteiger partial charge is 0.468 e. The maximum Gasteiger partial charge on any atom is 0.119 e. The first-order valence-corrected chi connectivity index (χ1v) is 5.63. The topological polar surface area (TPSA) is 25.2 Å². The van der Waals surface area contributed by atoms with E-state index in [9.17, 15) is 0 Å². The number of nitrogens with one attached hydrogen (secondary N) is 1. The molecule has 1 aliphatic heterocycles. The highest BCUT2D eigenvalue weighted by atomic mass is 32.1. The number of hydrogen-bond acceptors (Lipinski definition) is 3. The molecule has 0 bridgehead atoms. The second-order valence-corrected chi connectivity index (χ2v) is 5.10. The Morgan fingerprint density at radius 3 is 3.07 bits per heavy atom. The molecule has 2 heterocycles. The van der Waals surface area contributed by atoms with E-state index in [-0.39, 0.29) is 4.75 Å². The normalized spacial score (nSPS) is 27.1. The highest BCUT2D eigenvalue weighted by Crippen LogP contribution is 2.39. The molecule has 1 N–H and O–H groups in total. The first-order chi connectivity index (χ1) is 6.71. The smallest absolute Gasteiger partial charge is 0.119 e. The molecule has 0 radical (unpaired) electrons. The summed E-state index contributed by atoms with van der Waals surface area (Å²) in [5.41, 5.74) is 0. The maximum absolute atomic E-state index is 5.45. The van der Waals surface area contributed by atoms with Crippen LogP contribution in [0.4, 0.5) is 0 Å². The molecule has 0 saturated carbocycles. The third kappa shape index (κ3) is 1.84. The SMILES string of the molecule is CC(S)(c1ccco1)C1CCCNC1. The van der Waals surface area contributed by atoms with Gasteiger partial charge in [-0.05, 0) is 50.9 Å². The van der Waals surface area contributed by atoms with Crippen LogP contribution in [0.25, 0.3) is 0 Å². The van der Waals surface area contributed by atoms with Crippen LogP contribution in [-0.2, 0) is 4.75 Å². The van der Waals surface area contributed by atoms with Gasteiger partial charge in [0, 0.05) is 0 Å². The second-order valence-electron chi connectivity index (χ2n) is 4.17. The van der Waals surface area contributed by atoms with Crippen molar-refractivity contribution in [1.82, 2.24) is 5.32 Å². The average Bonchev–Trinajstić information content (AvgIpc) is 2.72. The summed E-state index contributed by atoms with van der Waals surface area (Å²) in [5, 5.41) is 3.41. The minimum Gasteiger partial charge on any atom is -0.468 e. The van der Waals surface area contributed by atoms with E-state index < -0.39 is 0 Å². The summed E-state index contributed by atoms with van der Waals surface area (Å²) < 4.78 is 5.31. The monoisotopic (exact) mass is 211 g/mol. The zero-order valence-electron chi connectivity index (χ0n) is 8.49. The predicted molar refractivity (Wildman–Crippen MR) is 60.6 cm³/mol. The van der Waals surface area contributed by atoms with Crippen molar-refractivity contribution in [3.8, 4) is 0 Å². The standard InChI is InChI=1S/C11H17NOS/c1-11(14,10-5-3-7-13-10)9-4-2-6-12-8-9/h3,5,7,9,12,14H,2,4,6,8H2,1H3. The Kier molecular flexibility index (Phi) is 2.88. The maximum atomic E-state index is 5.45. The summed E-state index contributed by atoms with van der Waals surface area (Å²) >= 11 is 4.75. The molecule has 78 valence electrons. The number of furan rings is 1. The van der Waals surface area contributed by atoms with Gasteiger partial charge in [0.25, 0.3) is 0 Å². The van der Waals surface area contributed by atoms with Crippen molar-refractivity contribution in [3.63, 3.8) is 0 Å². The van der Waals surface area contributed by atoms with E-state index >= 15 is 0 Å². The van der Waals surface area contributed by atoms with Gasteiger partial charge in [-0.15, -0.1) is 0 Å². The second kappa shape index (κ2) is 3.99. The van der Waals surface area contributed by atoms with Gasteiger partial charge >= 0.3 is 0 Å². The van der Waals surface area contributed by atoms with Gasteiger partial charge in [0.1, 0.15) is 5.76 Å². The van der Waals surface area contributed by atoms with E-state index in [2.05, 4.69) is 12.2 Å². The zero-order valence-corrected chi connectivity index (χ0v) is 9.39. The quantitative estimate of drug-likeness (QED) is 0.735. The molecule has 0 amide bonds. The minimum atomic E-state index is -0.142. The minimum absolute atomic E-state index is 0.142. The summed E-state index contributed by atoms with van der Waals surface area (Å²) in [5.74, 6) is 1.54. The Labute approximate surface area is 90.5 Å². The molecule has 2 atom stereocenters. The molecule has 3 heteroatoms. The number of rotatable bonds is 2. The van der Waals surface area contributed by atoms with Gasteiger partial charge < -0.3 is 9.73 Å². The molecule has 1 saturated heterocycles. The first kappa shape index (κ1) is 10.1. The van der Waals surface area contributed by atoms with Crippen molar-refractivity contribution in [1.29, 1.82) is 0 Å². The van der Waals surface area contributed by atoms with Crippen LogP contribution in [0.2, 0.25) is 0 Å². The van der Waals surface area contributed by atoms with Crippen molar-refractivity contribution in [3.05, 3.63) is 24.2 Å². The lowest BCUT2D eigenvalue weighted by Crippen LogP contribution is -2.39. The van der Waals surface area contributed by atoms with Crippen LogP contribution in [-0.4, -0.2) is 13.1 Å². The van der Waals surface area contributed by atoms with Crippen LogP contribution in [0.3, 0.4) is 0 Å². The van der Waals surface area contributed by atoms with E-state index in [0.717, 1.165) is 18.8 Å². The van der Waals surface area contributed by atoms with E-state index in [4.69, 9.17) is 17.0 Å². The third-order valence-corrected chi connectivity index (χ3v) is 3.70. The number of hydrogen-bond donors (Lipinski definition) is 2. The number of thiol groups is 1. The first-order valence-electron chi connectivity index (χ1n) is 5.18. The van der Waals surface area contributed by atoms with Crippen molar-refractivity contribution < 1.29 is 4.42 Å². The number of piperidine rings is 1. The zero-order chi connectivity index (χ0) is 10.0. The molecule has 1 aliphatic rings. The van der Waals surface area contributed by atoms with Crippen LogP contribution in [0, 0.1) is 5.92 Å². The van der Waals surface area contributed by atoms with Crippen molar-refractivity contribution >= 4 is 12.6 Å². The third-order valence-electron chi connectivity index (χ3n) is 3.11. The molecule has 2 unspecified atom stereocenters. The average molecular weight is 211 g/mol. The fourth-order valence-corrected chi connectivity index (χ4v) is 2.45. The van der Waals surface area contributed by atoms with Crippen molar-refractivity contribution in [2.75, 3.05) is 13.1 Å². The van der Waals surface area contributed by atoms with E-state index in [0.29, 0.717) is 5.92 Å². The van der Waals surface area contributed by atoms with Gasteiger partial charge in [0.15, 0.2) is 0 Å². The summed E-state index contributed by atoms with van der Waals surface area (Å²) in [4.78, 5) is 0. The lowest BCUT2D eigenvalue weighted by atomic mass is 9.85. The highest BCUT2D eigenvalue weighted by Gasteiger charge is 2.35. The van der Waals surface area contributed by atoms with Gasteiger partial charge in [0.2, 0.25) is 0 Å². The molecule has 1 aromatic rings. The Morgan fingerprint density at radius 2 is 2.50 bits per heavy atom. The van der Waals surface area contributed by atoms with Crippen LogP contribution < -0.4 is 5.32 Å². The van der Waals surface area contributed by atoms with Gasteiger partial charge in [-0.2, -0.15) is 12.6 Å². The van der Waals surface area contributed by atoms with Gasteiger partial charge in [0.05, 0.1) is 11.0 Å². The van der Waals surface area contributed by atoms with Gasteiger partial charge in [-0.1, -0.05) is 0 Å². The summed E-state index contributed by atoms with van der Waals surface area (Å²) in [6.45, 7) is 4.33. The Hall–Kier alpha value is -0.410. The molecular weight excluding hydrogens is 194 g/mol. The predicted octanol–water partition coefficient (Wildman–Crippen LogP) is 2.42. The fraction of sp³-hybridized carbons (Fsp3) is 0.636. The van der Waals surface area contributed by atoms with Crippen LogP contribution in [0.5, 0.6) is 0 Å². The van der Waals surface area contributed by atoms with Gasteiger partial charge in [-0.3, -0.25) is 0 Å². The molecule has 1 fully saturated rings. The lowest BCUT2D eigenvalue weighted by molar-refractivity contribution is 0.281. The Balaban J connectivity index is 2.14. The molecule has 14 heavy (non-hydrogen) atoms. The fourth-order valence-electron chi connectivity index (χ4n) is 2.10. The summed E-state index contributed by atoms with van der Waals surface area (Å²) in [7, 11) is 0. The van der Waals surface area contributed by atoms with E-state index in [1.54, 1.807) is 6.26 Å². The lowest BCUT2D eigenvalue weighted by Gasteiger charge is -2.34. The van der Waals surface area contributed by atoms with Gasteiger partial charge in [-0.25, -0.2) is 0 Å². The van der Waals surface area contributed by atoms with Crippen molar-refractivity contribution in [2.45, 2.75) is 24.5 Å².